The molecule has 0 aliphatic carbocycles. The monoisotopic (exact) mass is 234 g/mol. The molecule has 0 amide bonds. The standard InChI is InChI=1S/C10H6N2OS2/c11-5-7-2-1-3-8(4-7)12-9(13)6-15-10(12)14/h1-4,6,13H. The van der Waals surface area contributed by atoms with E-state index in [1.54, 1.807) is 29.6 Å². The number of thiazole rings is 1. The maximum atomic E-state index is 9.57. The number of benzene rings is 1. The normalized spacial score (nSPS) is 9.80. The molecule has 5 heteroatoms. The highest BCUT2D eigenvalue weighted by Gasteiger charge is 2.05. The Hall–Kier alpha value is -1.64. The lowest BCUT2D eigenvalue weighted by atomic mass is 10.2. The molecule has 1 N–H and O–H groups in total. The molecular weight excluding hydrogens is 228 g/mol. The van der Waals surface area contributed by atoms with Crippen LogP contribution in [0, 0.1) is 15.3 Å². The summed E-state index contributed by atoms with van der Waals surface area (Å²) in [7, 11) is 0. The van der Waals surface area contributed by atoms with Gasteiger partial charge in [-0.05, 0) is 30.4 Å². The Morgan fingerprint density at radius 1 is 1.47 bits per heavy atom. The van der Waals surface area contributed by atoms with Gasteiger partial charge in [-0.2, -0.15) is 5.26 Å². The van der Waals surface area contributed by atoms with Crippen molar-refractivity contribution in [2.75, 3.05) is 0 Å². The van der Waals surface area contributed by atoms with E-state index in [4.69, 9.17) is 17.5 Å². The fourth-order valence-corrected chi connectivity index (χ4v) is 2.21. The third-order valence-corrected chi connectivity index (χ3v) is 3.09. The predicted octanol–water partition coefficient (Wildman–Crippen LogP) is 2.85. The van der Waals surface area contributed by atoms with E-state index >= 15 is 0 Å². The molecule has 15 heavy (non-hydrogen) atoms. The van der Waals surface area contributed by atoms with E-state index in [1.807, 2.05) is 6.07 Å². The van der Waals surface area contributed by atoms with Gasteiger partial charge < -0.3 is 5.11 Å². The summed E-state index contributed by atoms with van der Waals surface area (Å²) in [5.41, 5.74) is 1.25. The highest BCUT2D eigenvalue weighted by atomic mass is 32.1. The van der Waals surface area contributed by atoms with E-state index in [1.165, 1.54) is 15.9 Å². The first-order chi connectivity index (χ1) is 7.22. The van der Waals surface area contributed by atoms with Crippen molar-refractivity contribution in [3.63, 3.8) is 0 Å². The molecule has 2 aromatic rings. The highest BCUT2D eigenvalue weighted by Crippen LogP contribution is 2.23. The Kier molecular flexibility index (Phi) is 2.54. The summed E-state index contributed by atoms with van der Waals surface area (Å²) in [6, 6.07) is 8.98. The lowest BCUT2D eigenvalue weighted by Crippen LogP contribution is -1.92. The molecule has 3 nitrogen and oxygen atoms in total. The third-order valence-electron chi connectivity index (χ3n) is 1.91. The topological polar surface area (TPSA) is 49.0 Å². The van der Waals surface area contributed by atoms with Crippen molar-refractivity contribution in [1.29, 1.82) is 5.26 Å². The summed E-state index contributed by atoms with van der Waals surface area (Å²) in [5.74, 6) is 0.0973. The number of rotatable bonds is 1. The van der Waals surface area contributed by atoms with Crippen LogP contribution in [-0.2, 0) is 0 Å². The zero-order valence-electron chi connectivity index (χ0n) is 7.54. The number of nitrogens with zero attached hydrogens (tertiary/aromatic N) is 2. The van der Waals surface area contributed by atoms with Crippen molar-refractivity contribution in [2.24, 2.45) is 0 Å². The molecule has 1 aromatic carbocycles. The summed E-state index contributed by atoms with van der Waals surface area (Å²) >= 11 is 6.36. The highest BCUT2D eigenvalue weighted by molar-refractivity contribution is 7.73. The predicted molar refractivity (Wildman–Crippen MR) is 60.9 cm³/mol. The SMILES string of the molecule is N#Cc1cccc(-n2c(O)csc2=S)c1. The Morgan fingerprint density at radius 3 is 2.87 bits per heavy atom. The molecule has 0 bridgehead atoms. The Bertz CT molecular complexity index is 592. The molecule has 0 spiro atoms. The second-order valence-electron chi connectivity index (χ2n) is 2.86. The lowest BCUT2D eigenvalue weighted by Gasteiger charge is -2.03. The number of nitriles is 1. The van der Waals surface area contributed by atoms with Gasteiger partial charge in [-0.3, -0.25) is 4.57 Å². The Morgan fingerprint density at radius 2 is 2.27 bits per heavy atom. The van der Waals surface area contributed by atoms with Gasteiger partial charge in [0.25, 0.3) is 0 Å². The van der Waals surface area contributed by atoms with E-state index in [-0.39, 0.29) is 5.88 Å². The van der Waals surface area contributed by atoms with Crippen molar-refractivity contribution in [3.8, 4) is 17.6 Å². The van der Waals surface area contributed by atoms with Crippen LogP contribution in [0.3, 0.4) is 0 Å². The molecule has 0 aliphatic heterocycles. The van der Waals surface area contributed by atoms with Crippen LogP contribution in [0.2, 0.25) is 0 Å². The second-order valence-corrected chi connectivity index (χ2v) is 4.36. The minimum absolute atomic E-state index is 0.0973. The van der Waals surface area contributed by atoms with Crippen LogP contribution in [0.25, 0.3) is 5.69 Å². The molecule has 0 unspecified atom stereocenters. The molecular formula is C10H6N2OS2. The average molecular weight is 234 g/mol. The largest absolute Gasteiger partial charge is 0.494 e. The van der Waals surface area contributed by atoms with Gasteiger partial charge in [0.2, 0.25) is 5.88 Å². The van der Waals surface area contributed by atoms with Gasteiger partial charge in [-0.15, -0.1) is 11.3 Å². The van der Waals surface area contributed by atoms with E-state index < -0.39 is 0 Å². The van der Waals surface area contributed by atoms with E-state index in [2.05, 4.69) is 0 Å². The van der Waals surface area contributed by atoms with Crippen molar-refractivity contribution in [2.45, 2.75) is 0 Å². The average Bonchev–Trinajstić information content (AvgIpc) is 2.59. The molecule has 1 aromatic heterocycles. The molecule has 0 fully saturated rings. The minimum Gasteiger partial charge on any atom is -0.494 e. The Balaban J connectivity index is 2.65. The van der Waals surface area contributed by atoms with Crippen LogP contribution < -0.4 is 0 Å². The molecule has 0 aliphatic rings. The number of hydrogen-bond acceptors (Lipinski definition) is 4. The fourth-order valence-electron chi connectivity index (χ4n) is 1.25. The molecule has 0 atom stereocenters. The minimum atomic E-state index is 0.0973. The summed E-state index contributed by atoms with van der Waals surface area (Å²) < 4.78 is 2.09. The second kappa shape index (κ2) is 3.85. The maximum absolute atomic E-state index is 9.57. The zero-order valence-corrected chi connectivity index (χ0v) is 9.18. The Labute approximate surface area is 95.5 Å². The number of hydrogen-bond donors (Lipinski definition) is 1. The number of aromatic nitrogens is 1. The quantitative estimate of drug-likeness (QED) is 0.772. The first-order valence-electron chi connectivity index (χ1n) is 4.12. The van der Waals surface area contributed by atoms with E-state index in [0.29, 0.717) is 15.2 Å². The molecule has 74 valence electrons. The summed E-state index contributed by atoms with van der Waals surface area (Å²) in [6.07, 6.45) is 0. The van der Waals surface area contributed by atoms with Gasteiger partial charge in [0, 0.05) is 0 Å². The van der Waals surface area contributed by atoms with Gasteiger partial charge in [0.15, 0.2) is 3.95 Å². The maximum Gasteiger partial charge on any atom is 0.207 e. The van der Waals surface area contributed by atoms with Crippen LogP contribution in [0.4, 0.5) is 0 Å². The van der Waals surface area contributed by atoms with Crippen molar-refractivity contribution >= 4 is 23.6 Å². The van der Waals surface area contributed by atoms with Gasteiger partial charge >= 0.3 is 0 Å². The van der Waals surface area contributed by atoms with Crippen LogP contribution in [-0.4, -0.2) is 9.67 Å². The van der Waals surface area contributed by atoms with Crippen LogP contribution >= 0.6 is 23.6 Å². The van der Waals surface area contributed by atoms with Gasteiger partial charge in [-0.25, -0.2) is 0 Å². The summed E-state index contributed by atoms with van der Waals surface area (Å²) in [4.78, 5) is 0. The van der Waals surface area contributed by atoms with Crippen LogP contribution in [0.5, 0.6) is 5.88 Å². The first-order valence-corrected chi connectivity index (χ1v) is 5.41. The zero-order chi connectivity index (χ0) is 10.8. The summed E-state index contributed by atoms with van der Waals surface area (Å²) in [6.45, 7) is 0. The fraction of sp³-hybridized carbons (Fsp3) is 0. The molecule has 0 radical (unpaired) electrons. The van der Waals surface area contributed by atoms with Crippen molar-refractivity contribution in [1.82, 2.24) is 4.57 Å². The van der Waals surface area contributed by atoms with Crippen LogP contribution in [0.15, 0.2) is 29.6 Å². The van der Waals surface area contributed by atoms with E-state index in [0.717, 1.165) is 0 Å². The van der Waals surface area contributed by atoms with Gasteiger partial charge in [0.05, 0.1) is 22.7 Å². The van der Waals surface area contributed by atoms with Crippen molar-refractivity contribution < 1.29 is 5.11 Å². The molecule has 0 saturated heterocycles. The lowest BCUT2D eigenvalue weighted by molar-refractivity contribution is 0.442. The van der Waals surface area contributed by atoms with Crippen molar-refractivity contribution in [3.05, 3.63) is 39.2 Å². The van der Waals surface area contributed by atoms with Gasteiger partial charge in [-0.1, -0.05) is 6.07 Å². The first kappa shape index (κ1) is 9.90. The third kappa shape index (κ3) is 1.77. The smallest absolute Gasteiger partial charge is 0.207 e. The van der Waals surface area contributed by atoms with Crippen LogP contribution in [0.1, 0.15) is 5.56 Å². The van der Waals surface area contributed by atoms with E-state index in [9.17, 15) is 5.11 Å². The molecule has 1 heterocycles. The molecule has 0 saturated carbocycles. The number of aromatic hydroxyl groups is 1. The van der Waals surface area contributed by atoms with Gasteiger partial charge in [0.1, 0.15) is 0 Å². The molecule has 2 rings (SSSR count). The summed E-state index contributed by atoms with van der Waals surface area (Å²) in [5, 5.41) is 19.9.